The largest absolute Gasteiger partial charge is 0.478 e. The predicted molar refractivity (Wildman–Crippen MR) is 49.6 cm³/mol. The summed E-state index contributed by atoms with van der Waals surface area (Å²) in [7, 11) is 0. The van der Waals surface area contributed by atoms with E-state index in [2.05, 4.69) is 10.5 Å². The highest BCUT2D eigenvalue weighted by Crippen LogP contribution is 2.06. The third kappa shape index (κ3) is 3.02. The van der Waals surface area contributed by atoms with Crippen LogP contribution in [-0.2, 0) is 9.47 Å². The summed E-state index contributed by atoms with van der Waals surface area (Å²) in [6.45, 7) is 4.85. The fourth-order valence-electron chi connectivity index (χ4n) is 0.824. The smallest absolute Gasteiger partial charge is 0.239 e. The monoisotopic (exact) mass is 205 g/mol. The van der Waals surface area contributed by atoms with Crippen LogP contribution in [0.15, 0.2) is 17.1 Å². The van der Waals surface area contributed by atoms with Crippen molar-refractivity contribution in [3.05, 3.63) is 12.0 Å². The molecule has 0 radical (unpaired) electrons. The zero-order valence-corrected chi connectivity index (χ0v) is 8.34. The number of halogens is 1. The summed E-state index contributed by atoms with van der Waals surface area (Å²) >= 11 is 5.61. The van der Waals surface area contributed by atoms with E-state index >= 15 is 0 Å². The van der Waals surface area contributed by atoms with Gasteiger partial charge in [0.2, 0.25) is 11.8 Å². The second kappa shape index (κ2) is 4.81. The topological polar surface area (TPSA) is 46.1 Å². The average Bonchev–Trinajstić information content (AvgIpc) is 2.04. The molecule has 0 aromatic heterocycles. The van der Waals surface area contributed by atoms with Crippen molar-refractivity contribution in [3.63, 3.8) is 0 Å². The number of hydrogen-bond donors (Lipinski definition) is 1. The molecule has 1 aliphatic rings. The Morgan fingerprint density at radius 1 is 1.46 bits per heavy atom. The maximum atomic E-state index is 5.61. The first-order valence-corrected chi connectivity index (χ1v) is 4.38. The van der Waals surface area contributed by atoms with Gasteiger partial charge in [-0.15, -0.1) is 9.74 Å². The molecule has 0 saturated carbocycles. The summed E-state index contributed by atoms with van der Waals surface area (Å²) in [5, 5.41) is 3.83. The van der Waals surface area contributed by atoms with E-state index in [-0.39, 0.29) is 0 Å². The molecule has 1 rings (SSSR count). The van der Waals surface area contributed by atoms with Crippen LogP contribution in [0.3, 0.4) is 0 Å². The van der Waals surface area contributed by atoms with E-state index in [4.69, 9.17) is 21.3 Å². The molecule has 0 aliphatic carbocycles. The van der Waals surface area contributed by atoms with Gasteiger partial charge in [0.25, 0.3) is 0 Å². The Morgan fingerprint density at radius 3 is 2.77 bits per heavy atom. The molecule has 74 valence electrons. The zero-order chi connectivity index (χ0) is 9.68. The summed E-state index contributed by atoms with van der Waals surface area (Å²) in [6.07, 6.45) is 1.64. The lowest BCUT2D eigenvalue weighted by molar-refractivity contribution is 0.160. The van der Waals surface area contributed by atoms with Gasteiger partial charge in [-0.2, -0.15) is 0 Å². The Labute approximate surface area is 82.0 Å². The molecule has 6 heteroatoms. The second-order valence-corrected chi connectivity index (χ2v) is 2.50. The van der Waals surface area contributed by atoms with Gasteiger partial charge in [0.05, 0.1) is 31.1 Å². The summed E-state index contributed by atoms with van der Waals surface area (Å²) in [5.74, 6) is 0.954. The second-order valence-electron chi connectivity index (χ2n) is 2.18. The van der Waals surface area contributed by atoms with Crippen molar-refractivity contribution < 1.29 is 9.47 Å². The minimum absolute atomic E-state index is 0.430. The van der Waals surface area contributed by atoms with Crippen LogP contribution in [0.2, 0.25) is 0 Å². The summed E-state index contributed by atoms with van der Waals surface area (Å²) in [4.78, 5) is 0. The van der Waals surface area contributed by atoms with Crippen LogP contribution < -0.4 is 5.43 Å². The number of hydrazone groups is 1. The quantitative estimate of drug-likeness (QED) is 0.703. The van der Waals surface area contributed by atoms with Gasteiger partial charge in [-0.25, -0.2) is 5.43 Å². The molecule has 0 saturated heterocycles. The van der Waals surface area contributed by atoms with Crippen molar-refractivity contribution in [2.75, 3.05) is 13.2 Å². The van der Waals surface area contributed by atoms with Crippen molar-refractivity contribution in [1.29, 1.82) is 0 Å². The van der Waals surface area contributed by atoms with Gasteiger partial charge in [0.15, 0.2) is 0 Å². The third-order valence-corrected chi connectivity index (χ3v) is 1.40. The van der Waals surface area contributed by atoms with Crippen molar-refractivity contribution in [3.8, 4) is 0 Å². The van der Waals surface area contributed by atoms with Crippen LogP contribution in [-0.4, -0.2) is 23.7 Å². The highest BCUT2D eigenvalue weighted by molar-refractivity contribution is 6.13. The molecule has 0 unspecified atom stereocenters. The predicted octanol–water partition coefficient (Wildman–Crippen LogP) is 1.19. The van der Waals surface area contributed by atoms with Gasteiger partial charge in [-0.1, -0.05) is 0 Å². The Bertz CT molecular complexity index is 230. The van der Waals surface area contributed by atoms with Crippen LogP contribution in [0.25, 0.3) is 0 Å². The van der Waals surface area contributed by atoms with Crippen molar-refractivity contribution in [2.45, 2.75) is 13.8 Å². The van der Waals surface area contributed by atoms with E-state index in [1.807, 2.05) is 13.8 Å². The molecule has 5 nitrogen and oxygen atoms in total. The van der Waals surface area contributed by atoms with Gasteiger partial charge in [-0.05, 0) is 13.8 Å². The van der Waals surface area contributed by atoms with Crippen molar-refractivity contribution >= 4 is 17.7 Å². The molecule has 1 heterocycles. The lowest BCUT2D eigenvalue weighted by Gasteiger charge is -2.20. The Morgan fingerprint density at radius 2 is 2.15 bits per heavy atom. The Kier molecular flexibility index (Phi) is 3.70. The van der Waals surface area contributed by atoms with Gasteiger partial charge in [-0.3, -0.25) is 0 Å². The van der Waals surface area contributed by atoms with E-state index in [9.17, 15) is 0 Å². The molecule has 0 spiro atoms. The molecule has 0 aromatic rings. The van der Waals surface area contributed by atoms with E-state index in [1.54, 1.807) is 6.08 Å². The molecule has 1 N–H and O–H groups in total. The lowest BCUT2D eigenvalue weighted by atomic mass is 10.5. The maximum Gasteiger partial charge on any atom is 0.239 e. The normalized spacial score (nSPS) is 15.8. The maximum absolute atomic E-state index is 5.61. The van der Waals surface area contributed by atoms with Crippen molar-refractivity contribution in [1.82, 2.24) is 10.1 Å². The molecular formula is C7H12ClN3O2. The summed E-state index contributed by atoms with van der Waals surface area (Å²) in [5.41, 5.74) is 2.68. The van der Waals surface area contributed by atoms with E-state index in [0.29, 0.717) is 25.0 Å². The zero-order valence-electron chi connectivity index (χ0n) is 7.58. The van der Waals surface area contributed by atoms with Gasteiger partial charge in [0.1, 0.15) is 0 Å². The number of nitrogens with one attached hydrogen (secondary N) is 1. The molecule has 1 aliphatic heterocycles. The van der Waals surface area contributed by atoms with Gasteiger partial charge in [0, 0.05) is 0 Å². The minimum atomic E-state index is 0.430. The lowest BCUT2D eigenvalue weighted by Crippen LogP contribution is -2.32. The number of ether oxygens (including phenoxy) is 2. The number of hydrazine groups is 1. The molecule has 13 heavy (non-hydrogen) atoms. The van der Waals surface area contributed by atoms with E-state index in [0.717, 1.165) is 4.64 Å². The van der Waals surface area contributed by atoms with E-state index in [1.165, 1.54) is 0 Å². The fourth-order valence-corrected chi connectivity index (χ4v) is 0.981. The number of hydrogen-bond acceptors (Lipinski definition) is 5. The fraction of sp³-hybridized carbons (Fsp3) is 0.571. The summed E-state index contributed by atoms with van der Waals surface area (Å²) < 4.78 is 11.4. The highest BCUT2D eigenvalue weighted by Gasteiger charge is 2.12. The van der Waals surface area contributed by atoms with Crippen LogP contribution in [0.5, 0.6) is 0 Å². The highest BCUT2D eigenvalue weighted by atomic mass is 35.5. The third-order valence-electron chi connectivity index (χ3n) is 1.24. The Hall–Kier alpha value is -1.10. The molecular weight excluding hydrogens is 194 g/mol. The summed E-state index contributed by atoms with van der Waals surface area (Å²) in [6, 6.07) is 0. The number of rotatable bonds is 3. The molecule has 0 bridgehead atoms. The standard InChI is InChI=1S/C7H12ClN3O2/c1-3-12-6-5-7(13-4-2)10-11(8)9-6/h5,9H,3-4H2,1-2H3. The van der Waals surface area contributed by atoms with Crippen molar-refractivity contribution in [2.24, 2.45) is 5.10 Å². The first-order chi connectivity index (χ1) is 6.26. The molecule has 0 aromatic carbocycles. The van der Waals surface area contributed by atoms with Crippen LogP contribution >= 0.6 is 11.8 Å². The molecule has 0 atom stereocenters. The number of nitrogens with zero attached hydrogens (tertiary/aromatic N) is 2. The van der Waals surface area contributed by atoms with Crippen LogP contribution in [0.4, 0.5) is 0 Å². The van der Waals surface area contributed by atoms with E-state index < -0.39 is 0 Å². The van der Waals surface area contributed by atoms with Gasteiger partial charge < -0.3 is 9.47 Å². The van der Waals surface area contributed by atoms with Gasteiger partial charge >= 0.3 is 0 Å². The first-order valence-electron chi connectivity index (χ1n) is 4.04. The van der Waals surface area contributed by atoms with Crippen LogP contribution in [0, 0.1) is 0 Å². The molecule has 0 fully saturated rings. The van der Waals surface area contributed by atoms with Crippen LogP contribution in [0.1, 0.15) is 13.8 Å². The first kappa shape index (κ1) is 9.98. The average molecular weight is 206 g/mol. The SMILES string of the molecule is CCOC1=CC(OCC)=NN(Cl)N1. The minimum Gasteiger partial charge on any atom is -0.478 e. The molecule has 0 amide bonds. The Balaban J connectivity index is 2.61.